The summed E-state index contributed by atoms with van der Waals surface area (Å²) >= 11 is 0. The fraction of sp³-hybridized carbons (Fsp3) is 0.744. The Balaban J connectivity index is -0.000000235. The fourth-order valence-corrected chi connectivity index (χ4v) is 9.14. The zero-order chi connectivity index (χ0) is 71.2. The number of unbranched alkanes of at least 4 members (excludes halogenated alkanes) is 36. The normalized spacial score (nSPS) is 10.4. The first-order valence-electron chi connectivity index (χ1n) is 37.1. The third-order valence-electron chi connectivity index (χ3n) is 15.3. The van der Waals surface area contributed by atoms with Gasteiger partial charge in [0, 0.05) is 53.8 Å². The number of nitrogens with two attached hydrogens (primary N) is 5. The molecule has 0 spiro atoms. The summed E-state index contributed by atoms with van der Waals surface area (Å²) in [6.07, 6.45) is 57.6. The first kappa shape index (κ1) is 99.1. The largest absolute Gasteiger partial charge is 0.366 e. The van der Waals surface area contributed by atoms with Crippen LogP contribution < -0.4 is 34.0 Å². The summed E-state index contributed by atoms with van der Waals surface area (Å²) in [6.45, 7) is 24.7. The number of fused-ring (bicyclic) bond motifs is 1. The number of hydrogen-bond donors (Lipinski definition) is 6. The lowest BCUT2D eigenvalue weighted by Gasteiger charge is -2.19. The number of benzene rings is 2. The molecule has 544 valence electrons. The third-order valence-corrected chi connectivity index (χ3v) is 15.3. The zero-order valence-electron chi connectivity index (χ0n) is 62.7. The third kappa shape index (κ3) is 79.4. The van der Waals surface area contributed by atoms with Gasteiger partial charge in [-0.25, -0.2) is 0 Å². The number of carbonyl (C=O) groups excluding carboxylic acids is 6. The summed E-state index contributed by atoms with van der Waals surface area (Å²) in [5.41, 5.74) is 29.0. The molecular weight excluding hydrogens is 1160 g/mol. The van der Waals surface area contributed by atoms with Crippen molar-refractivity contribution in [3.8, 4) is 0 Å². The molecule has 1 aliphatic heterocycles. The molecule has 11 N–H and O–H groups in total. The Morgan fingerprint density at radius 3 is 0.828 bits per heavy atom. The molecule has 0 fully saturated rings. The van der Waals surface area contributed by atoms with Crippen molar-refractivity contribution >= 4 is 35.9 Å². The first-order valence-corrected chi connectivity index (χ1v) is 37.1. The van der Waals surface area contributed by atoms with Crippen LogP contribution >= 0.6 is 0 Å². The predicted octanol–water partition coefficient (Wildman–Crippen LogP) is 18.0. The Morgan fingerprint density at radius 2 is 0.645 bits per heavy atom. The topological polar surface area (TPSA) is 254 Å². The monoisotopic (exact) mass is 1310 g/mol. The van der Waals surface area contributed by atoms with Crippen LogP contribution in [-0.4, -0.2) is 118 Å². The van der Waals surface area contributed by atoms with Gasteiger partial charge in [0.2, 0.25) is 18.2 Å². The molecule has 6 amide bonds. The zero-order valence-corrected chi connectivity index (χ0v) is 62.7. The summed E-state index contributed by atoms with van der Waals surface area (Å²) in [6, 6.07) is 14.4. The van der Waals surface area contributed by atoms with Crippen LogP contribution in [0.4, 0.5) is 0 Å². The van der Waals surface area contributed by atoms with Gasteiger partial charge in [-0.05, 0) is 102 Å². The second-order valence-corrected chi connectivity index (χ2v) is 24.6. The molecule has 93 heavy (non-hydrogen) atoms. The SMILES string of the molecule is C=CC(N)=O.CC(=O)N(C)C.CCCCCCCCCCCCCCCCCCN.CCCCCCCCCCCCN.CCCCCCCCCCN.CCCCCCCCN.CCN(CC)C(=O)c1ccccc1C.CN(C)C=O.O=C1NC(=O)c2ccccc21. The van der Waals surface area contributed by atoms with E-state index in [-0.39, 0.29) is 23.6 Å². The van der Waals surface area contributed by atoms with Crippen molar-refractivity contribution in [1.29, 1.82) is 0 Å². The van der Waals surface area contributed by atoms with Gasteiger partial charge in [0.15, 0.2) is 0 Å². The van der Waals surface area contributed by atoms with Crippen molar-refractivity contribution in [3.05, 3.63) is 83.4 Å². The minimum absolute atomic E-state index is 0.0926. The van der Waals surface area contributed by atoms with Gasteiger partial charge in [-0.15, -0.1) is 0 Å². The van der Waals surface area contributed by atoms with E-state index in [0.29, 0.717) is 11.1 Å². The molecule has 2 aromatic carbocycles. The maximum absolute atomic E-state index is 12.0. The van der Waals surface area contributed by atoms with E-state index in [1.165, 1.54) is 274 Å². The number of rotatable bonds is 45. The number of imide groups is 1. The van der Waals surface area contributed by atoms with E-state index in [1.54, 1.807) is 52.5 Å². The van der Waals surface area contributed by atoms with Crippen molar-refractivity contribution in [2.75, 3.05) is 67.5 Å². The molecule has 1 aliphatic rings. The van der Waals surface area contributed by atoms with E-state index in [0.717, 1.165) is 62.9 Å². The molecule has 3 rings (SSSR count). The van der Waals surface area contributed by atoms with Gasteiger partial charge in [-0.3, -0.25) is 34.1 Å². The highest BCUT2D eigenvalue weighted by Gasteiger charge is 2.25. The van der Waals surface area contributed by atoms with E-state index in [9.17, 15) is 28.8 Å². The summed E-state index contributed by atoms with van der Waals surface area (Å²) in [7, 11) is 6.82. The van der Waals surface area contributed by atoms with Crippen LogP contribution in [0, 0.1) is 6.92 Å². The second kappa shape index (κ2) is 83.1. The van der Waals surface area contributed by atoms with Crippen LogP contribution in [0.1, 0.15) is 342 Å². The summed E-state index contributed by atoms with van der Waals surface area (Å²) < 4.78 is 0. The van der Waals surface area contributed by atoms with Crippen LogP contribution in [-0.2, 0) is 14.4 Å². The molecule has 1 heterocycles. The number of nitrogens with one attached hydrogen (secondary N) is 1. The molecule has 15 heteroatoms. The molecular formula is C78H151N9O6. The minimum Gasteiger partial charge on any atom is -0.366 e. The standard InChI is InChI=1S/C18H39N.C12H17NO.C12H27N.C10H23N.C8H5NO2.C8H19N.C4H9NO.C3H7NO.C3H5NO/c1-2-3-4-5-6-7-8-9-10-11-12-13-14-15-16-17-18-19;1-4-13(5-2)12(14)11-9-7-6-8-10(11)3;1-2-3-4-5-6-7-8-9-10-11-12-13;1-2-3-4-5-6-7-8-9-10-11;10-7-5-3-1-2-4-6(5)8(11)9-7;1-2-3-4-5-6-7-8-9;1-4(6)5(2)3;1-4(2)3-5;1-2-3(4)5/h2-19H2,1H3;6-9H,4-5H2,1-3H3;2-13H2,1H3;2-11H2,1H3;1-4H,(H,9,10,11);2-9H2,1H3;1-3H3;3H,1-2H3;2H,1H2,(H2,4,5). The van der Waals surface area contributed by atoms with Crippen molar-refractivity contribution in [3.63, 3.8) is 0 Å². The maximum Gasteiger partial charge on any atom is 0.258 e. The van der Waals surface area contributed by atoms with Crippen LogP contribution in [0.15, 0.2) is 61.2 Å². The number of aryl methyl sites for hydroxylation is 1. The molecule has 0 unspecified atom stereocenters. The Bertz CT molecular complexity index is 1860. The Labute approximate surface area is 573 Å². The quantitative estimate of drug-likeness (QED) is 0.0158. The molecule has 0 saturated carbocycles. The van der Waals surface area contributed by atoms with E-state index >= 15 is 0 Å². The second-order valence-electron chi connectivity index (χ2n) is 24.6. The predicted molar refractivity (Wildman–Crippen MR) is 404 cm³/mol. The van der Waals surface area contributed by atoms with Crippen molar-refractivity contribution < 1.29 is 28.8 Å². The number of carbonyl (C=O) groups is 6. The molecule has 0 aliphatic carbocycles. The highest BCUT2D eigenvalue weighted by atomic mass is 16.2. The van der Waals surface area contributed by atoms with Crippen LogP contribution in [0.5, 0.6) is 0 Å². The van der Waals surface area contributed by atoms with Gasteiger partial charge in [-0.1, -0.05) is 296 Å². The van der Waals surface area contributed by atoms with Gasteiger partial charge in [-0.2, -0.15) is 0 Å². The number of primary amides is 1. The first-order chi connectivity index (χ1) is 44.8. The number of amides is 6. The summed E-state index contributed by atoms with van der Waals surface area (Å²) in [5, 5.41) is 2.20. The number of hydrogen-bond acceptors (Lipinski definition) is 10. The Hall–Kier alpha value is -4.96. The summed E-state index contributed by atoms with van der Waals surface area (Å²) in [4.78, 5) is 67.6. The average molecular weight is 1310 g/mol. The number of nitrogens with zero attached hydrogens (tertiary/aromatic N) is 3. The van der Waals surface area contributed by atoms with Crippen LogP contribution in [0.3, 0.4) is 0 Å². The van der Waals surface area contributed by atoms with E-state index in [4.69, 9.17) is 22.9 Å². The van der Waals surface area contributed by atoms with Gasteiger partial charge in [0.05, 0.1) is 11.1 Å². The highest BCUT2D eigenvalue weighted by Crippen LogP contribution is 2.16. The lowest BCUT2D eigenvalue weighted by atomic mass is 10.0. The smallest absolute Gasteiger partial charge is 0.258 e. The van der Waals surface area contributed by atoms with Crippen molar-refractivity contribution in [2.24, 2.45) is 28.7 Å². The van der Waals surface area contributed by atoms with Crippen molar-refractivity contribution in [2.45, 2.75) is 312 Å². The van der Waals surface area contributed by atoms with Crippen LogP contribution in [0.25, 0.3) is 0 Å². The summed E-state index contributed by atoms with van der Waals surface area (Å²) in [5.74, 6) is -0.857. The van der Waals surface area contributed by atoms with E-state index in [2.05, 4.69) is 45.3 Å². The van der Waals surface area contributed by atoms with E-state index < -0.39 is 5.91 Å². The maximum atomic E-state index is 12.0. The van der Waals surface area contributed by atoms with Crippen LogP contribution in [0.2, 0.25) is 0 Å². The molecule has 0 aromatic heterocycles. The molecule has 15 nitrogen and oxygen atoms in total. The molecule has 0 radical (unpaired) electrons. The minimum atomic E-state index is -0.481. The molecule has 0 atom stereocenters. The highest BCUT2D eigenvalue weighted by molar-refractivity contribution is 6.21. The Morgan fingerprint density at radius 1 is 0.430 bits per heavy atom. The fourth-order valence-electron chi connectivity index (χ4n) is 9.14. The average Bonchev–Trinajstić information content (AvgIpc) is 1.74. The Kier molecular flexibility index (Phi) is 88.6. The van der Waals surface area contributed by atoms with Gasteiger partial charge >= 0.3 is 0 Å². The lowest BCUT2D eigenvalue weighted by molar-refractivity contribution is -0.126. The lowest BCUT2D eigenvalue weighted by Crippen LogP contribution is -2.30. The van der Waals surface area contributed by atoms with Gasteiger partial charge in [0.25, 0.3) is 17.7 Å². The molecule has 0 bridgehead atoms. The van der Waals surface area contributed by atoms with Gasteiger partial charge in [0.1, 0.15) is 0 Å². The molecule has 0 saturated heterocycles. The van der Waals surface area contributed by atoms with E-state index in [1.807, 2.05) is 49.9 Å². The van der Waals surface area contributed by atoms with Gasteiger partial charge < -0.3 is 43.4 Å². The van der Waals surface area contributed by atoms with Crippen molar-refractivity contribution in [1.82, 2.24) is 20.0 Å². The molecule has 2 aromatic rings.